The van der Waals surface area contributed by atoms with Gasteiger partial charge in [0.1, 0.15) is 5.75 Å². The number of hydrogen-bond donors (Lipinski definition) is 0. The number of esters is 1. The Bertz CT molecular complexity index is 1090. The van der Waals surface area contributed by atoms with Crippen LogP contribution in [0.2, 0.25) is 0 Å². The first-order valence-corrected chi connectivity index (χ1v) is 9.26. The van der Waals surface area contributed by atoms with Crippen LogP contribution in [0.4, 0.5) is 0 Å². The van der Waals surface area contributed by atoms with Crippen molar-refractivity contribution in [2.45, 2.75) is 12.8 Å². The van der Waals surface area contributed by atoms with Crippen LogP contribution in [-0.2, 0) is 11.2 Å². The Morgan fingerprint density at radius 3 is 2.63 bits per heavy atom. The molecular weight excluding hydrogens is 408 g/mol. The molecule has 0 fully saturated rings. The van der Waals surface area contributed by atoms with Gasteiger partial charge in [-0.3, -0.25) is 4.79 Å². The second-order valence-corrected chi connectivity index (χ2v) is 6.74. The minimum absolute atomic E-state index is 0.149. The Kier molecular flexibility index (Phi) is 4.98. The number of benzene rings is 3. The van der Waals surface area contributed by atoms with Gasteiger partial charge in [0.2, 0.25) is 11.7 Å². The first-order valence-electron chi connectivity index (χ1n) is 8.46. The van der Waals surface area contributed by atoms with Gasteiger partial charge < -0.3 is 9.26 Å². The Morgan fingerprint density at radius 2 is 1.78 bits per heavy atom. The summed E-state index contributed by atoms with van der Waals surface area (Å²) in [6.45, 7) is 0. The molecule has 1 heterocycles. The summed E-state index contributed by atoms with van der Waals surface area (Å²) in [5.41, 5.74) is 0.871. The fourth-order valence-electron chi connectivity index (χ4n) is 2.74. The van der Waals surface area contributed by atoms with Crippen molar-refractivity contribution in [3.05, 3.63) is 77.1 Å². The average molecular weight is 423 g/mol. The average Bonchev–Trinajstić information content (AvgIpc) is 3.19. The summed E-state index contributed by atoms with van der Waals surface area (Å²) in [5, 5.41) is 6.02. The van der Waals surface area contributed by atoms with Gasteiger partial charge >= 0.3 is 5.97 Å². The van der Waals surface area contributed by atoms with Crippen LogP contribution in [0.1, 0.15) is 12.3 Å². The van der Waals surface area contributed by atoms with Gasteiger partial charge in [0.15, 0.2) is 0 Å². The van der Waals surface area contributed by atoms with E-state index in [4.69, 9.17) is 9.26 Å². The summed E-state index contributed by atoms with van der Waals surface area (Å²) < 4.78 is 11.5. The normalized spacial score (nSPS) is 10.9. The molecule has 0 atom stereocenters. The number of hydrogen-bond acceptors (Lipinski definition) is 5. The second kappa shape index (κ2) is 7.72. The summed E-state index contributed by atoms with van der Waals surface area (Å²) >= 11 is 3.52. The van der Waals surface area contributed by atoms with Crippen molar-refractivity contribution in [3.8, 4) is 17.1 Å². The van der Waals surface area contributed by atoms with Crippen LogP contribution < -0.4 is 4.74 Å². The van der Waals surface area contributed by atoms with Crippen molar-refractivity contribution < 1.29 is 14.1 Å². The van der Waals surface area contributed by atoms with E-state index < -0.39 is 0 Å². The molecule has 0 amide bonds. The quantitative estimate of drug-likeness (QED) is 0.327. The standard InChI is InChI=1S/C21H15BrN2O3/c22-20-16-9-5-4-6-14(16)10-11-17(20)26-19(25)13-12-18-23-21(24-27-18)15-7-2-1-3-8-15/h1-11H,12-13H2. The lowest BCUT2D eigenvalue weighted by atomic mass is 10.1. The Morgan fingerprint density at radius 1 is 1.00 bits per heavy atom. The summed E-state index contributed by atoms with van der Waals surface area (Å²) in [4.78, 5) is 16.5. The molecule has 0 saturated carbocycles. The van der Waals surface area contributed by atoms with E-state index in [1.807, 2.05) is 60.7 Å². The number of halogens is 1. The molecule has 134 valence electrons. The zero-order valence-electron chi connectivity index (χ0n) is 14.3. The summed E-state index contributed by atoms with van der Waals surface area (Å²) in [7, 11) is 0. The second-order valence-electron chi connectivity index (χ2n) is 5.95. The van der Waals surface area contributed by atoms with Crippen LogP contribution in [0.25, 0.3) is 22.2 Å². The van der Waals surface area contributed by atoms with Gasteiger partial charge in [-0.15, -0.1) is 0 Å². The molecule has 5 nitrogen and oxygen atoms in total. The highest BCUT2D eigenvalue weighted by atomic mass is 79.9. The van der Waals surface area contributed by atoms with Gasteiger partial charge in [-0.25, -0.2) is 0 Å². The van der Waals surface area contributed by atoms with Gasteiger partial charge in [-0.05, 0) is 32.8 Å². The molecule has 4 aromatic rings. The largest absolute Gasteiger partial charge is 0.425 e. The summed E-state index contributed by atoms with van der Waals surface area (Å²) in [6.07, 6.45) is 0.472. The number of rotatable bonds is 5. The lowest BCUT2D eigenvalue weighted by molar-refractivity contribution is -0.134. The van der Waals surface area contributed by atoms with Crippen LogP contribution in [-0.4, -0.2) is 16.1 Å². The third-order valence-corrected chi connectivity index (χ3v) is 4.91. The molecule has 0 radical (unpaired) electrons. The first-order chi connectivity index (χ1) is 13.2. The molecule has 3 aromatic carbocycles. The number of carbonyl (C=O) groups is 1. The zero-order chi connectivity index (χ0) is 18.6. The number of nitrogens with zero attached hydrogens (tertiary/aromatic N) is 2. The maximum Gasteiger partial charge on any atom is 0.311 e. The third kappa shape index (κ3) is 3.90. The van der Waals surface area contributed by atoms with Crippen molar-refractivity contribution in [2.75, 3.05) is 0 Å². The molecule has 1 aromatic heterocycles. The molecule has 0 unspecified atom stereocenters. The van der Waals surface area contributed by atoms with E-state index in [2.05, 4.69) is 26.1 Å². The molecule has 0 aliphatic heterocycles. The van der Waals surface area contributed by atoms with Crippen LogP contribution in [0.15, 0.2) is 75.7 Å². The maximum absolute atomic E-state index is 12.2. The Balaban J connectivity index is 1.41. The van der Waals surface area contributed by atoms with Crippen molar-refractivity contribution >= 4 is 32.7 Å². The number of ether oxygens (including phenoxy) is 1. The Hall–Kier alpha value is -2.99. The first kappa shape index (κ1) is 17.4. The van der Waals surface area contributed by atoms with Gasteiger partial charge in [-0.1, -0.05) is 65.8 Å². The van der Waals surface area contributed by atoms with Crippen LogP contribution in [0, 0.1) is 0 Å². The van der Waals surface area contributed by atoms with E-state index in [1.165, 1.54) is 0 Å². The van der Waals surface area contributed by atoms with Gasteiger partial charge in [0.05, 0.1) is 10.9 Å². The van der Waals surface area contributed by atoms with E-state index in [9.17, 15) is 4.79 Å². The highest BCUT2D eigenvalue weighted by molar-refractivity contribution is 9.10. The summed E-state index contributed by atoms with van der Waals surface area (Å²) in [5.74, 6) is 1.05. The minimum Gasteiger partial charge on any atom is -0.425 e. The van der Waals surface area contributed by atoms with E-state index in [-0.39, 0.29) is 12.4 Å². The molecule has 4 rings (SSSR count). The van der Waals surface area contributed by atoms with Crippen molar-refractivity contribution in [1.29, 1.82) is 0 Å². The number of aromatic nitrogens is 2. The smallest absolute Gasteiger partial charge is 0.311 e. The molecular formula is C21H15BrN2O3. The molecule has 0 spiro atoms. The van der Waals surface area contributed by atoms with Gasteiger partial charge in [0, 0.05) is 12.0 Å². The van der Waals surface area contributed by atoms with E-state index in [0.29, 0.717) is 23.9 Å². The minimum atomic E-state index is -0.356. The molecule has 0 bridgehead atoms. The van der Waals surface area contributed by atoms with E-state index in [0.717, 1.165) is 20.8 Å². The maximum atomic E-state index is 12.2. The van der Waals surface area contributed by atoms with E-state index in [1.54, 1.807) is 6.07 Å². The van der Waals surface area contributed by atoms with Crippen molar-refractivity contribution in [1.82, 2.24) is 10.1 Å². The van der Waals surface area contributed by atoms with Gasteiger partial charge in [-0.2, -0.15) is 4.98 Å². The molecule has 6 heteroatoms. The molecule has 0 aliphatic carbocycles. The SMILES string of the molecule is O=C(CCc1nc(-c2ccccc2)no1)Oc1ccc2ccccc2c1Br. The van der Waals surface area contributed by atoms with Crippen LogP contribution >= 0.6 is 15.9 Å². The molecule has 0 aliphatic rings. The fraction of sp³-hybridized carbons (Fsp3) is 0.0952. The molecule has 0 N–H and O–H groups in total. The lowest BCUT2D eigenvalue weighted by Crippen LogP contribution is -2.09. The molecule has 27 heavy (non-hydrogen) atoms. The lowest BCUT2D eigenvalue weighted by Gasteiger charge is -2.08. The van der Waals surface area contributed by atoms with Crippen molar-refractivity contribution in [3.63, 3.8) is 0 Å². The fourth-order valence-corrected chi connectivity index (χ4v) is 3.31. The third-order valence-electron chi connectivity index (χ3n) is 4.09. The highest BCUT2D eigenvalue weighted by Crippen LogP contribution is 2.33. The van der Waals surface area contributed by atoms with Gasteiger partial charge in [0.25, 0.3) is 0 Å². The van der Waals surface area contributed by atoms with E-state index >= 15 is 0 Å². The number of aryl methyl sites for hydroxylation is 1. The monoisotopic (exact) mass is 422 g/mol. The predicted molar refractivity (Wildman–Crippen MR) is 105 cm³/mol. The zero-order valence-corrected chi connectivity index (χ0v) is 15.8. The highest BCUT2D eigenvalue weighted by Gasteiger charge is 2.14. The number of carbonyl (C=O) groups excluding carboxylic acids is 1. The van der Waals surface area contributed by atoms with Crippen molar-refractivity contribution in [2.24, 2.45) is 0 Å². The summed E-state index contributed by atoms with van der Waals surface area (Å²) in [6, 6.07) is 21.1. The molecule has 0 saturated heterocycles. The number of fused-ring (bicyclic) bond motifs is 1. The Labute approximate surface area is 164 Å². The topological polar surface area (TPSA) is 65.2 Å². The predicted octanol–water partition coefficient (Wildman–Crippen LogP) is 5.19. The van der Waals surface area contributed by atoms with Crippen LogP contribution in [0.3, 0.4) is 0 Å². The van der Waals surface area contributed by atoms with Crippen LogP contribution in [0.5, 0.6) is 5.75 Å².